The number of nitrogens with one attached hydrogen (secondary N) is 1. The Balaban J connectivity index is 1.25. The van der Waals surface area contributed by atoms with Crippen molar-refractivity contribution in [3.63, 3.8) is 0 Å². The summed E-state index contributed by atoms with van der Waals surface area (Å²) in [5.74, 6) is 0.811. The number of amides is 1. The second-order valence-electron chi connectivity index (χ2n) is 7.28. The van der Waals surface area contributed by atoms with Gasteiger partial charge in [-0.3, -0.25) is 9.69 Å². The molecule has 2 aliphatic heterocycles. The maximum absolute atomic E-state index is 12.6. The smallest absolute Gasteiger partial charge is 0.226 e. The number of rotatable bonds is 5. The first-order valence-corrected chi connectivity index (χ1v) is 9.64. The largest absolute Gasteiger partial charge is 0.492 e. The predicted octanol–water partition coefficient (Wildman–Crippen LogP) is 2.25. The van der Waals surface area contributed by atoms with Crippen molar-refractivity contribution in [1.29, 1.82) is 0 Å². The van der Waals surface area contributed by atoms with Gasteiger partial charge in [0.2, 0.25) is 5.91 Å². The normalized spacial score (nSPS) is 22.5. The number of morpholine rings is 1. The molecule has 0 radical (unpaired) electrons. The molecule has 0 unspecified atom stereocenters. The van der Waals surface area contributed by atoms with Gasteiger partial charge in [-0.15, -0.1) is 0 Å². The summed E-state index contributed by atoms with van der Waals surface area (Å²) in [4.78, 5) is 14.9. The van der Waals surface area contributed by atoms with Crippen molar-refractivity contribution in [3.8, 4) is 5.75 Å². The highest BCUT2D eigenvalue weighted by Crippen LogP contribution is 2.26. The molecule has 27 heavy (non-hydrogen) atoms. The molecular weight excluding hydrogens is 340 g/mol. The van der Waals surface area contributed by atoms with Crippen LogP contribution in [0.4, 0.5) is 0 Å². The van der Waals surface area contributed by atoms with Gasteiger partial charge in [0.25, 0.3) is 0 Å². The molecule has 1 saturated heterocycles. The highest BCUT2D eigenvalue weighted by molar-refractivity contribution is 5.79. The second-order valence-corrected chi connectivity index (χ2v) is 7.28. The highest BCUT2D eigenvalue weighted by Gasteiger charge is 2.27. The Labute approximate surface area is 160 Å². The van der Waals surface area contributed by atoms with Gasteiger partial charge in [0, 0.05) is 26.2 Å². The minimum atomic E-state index is -0.135. The number of carbonyl (C=O) groups is 1. The molecule has 0 saturated carbocycles. The van der Waals surface area contributed by atoms with Crippen LogP contribution in [0.25, 0.3) is 0 Å². The zero-order valence-corrected chi connectivity index (χ0v) is 15.5. The third-order valence-electron chi connectivity index (χ3n) is 5.23. The number of hydrogen-bond donors (Lipinski definition) is 1. The van der Waals surface area contributed by atoms with E-state index in [1.165, 1.54) is 5.56 Å². The number of carbonyl (C=O) groups excluding carboxylic acids is 1. The van der Waals surface area contributed by atoms with Gasteiger partial charge in [0.15, 0.2) is 0 Å². The third-order valence-corrected chi connectivity index (χ3v) is 5.23. The van der Waals surface area contributed by atoms with E-state index in [1.54, 1.807) is 0 Å². The Kier molecular flexibility index (Phi) is 5.70. The van der Waals surface area contributed by atoms with Gasteiger partial charge >= 0.3 is 0 Å². The summed E-state index contributed by atoms with van der Waals surface area (Å²) in [6, 6.07) is 18.4. The van der Waals surface area contributed by atoms with E-state index in [2.05, 4.69) is 34.5 Å². The zero-order valence-electron chi connectivity index (χ0n) is 15.5. The van der Waals surface area contributed by atoms with Crippen LogP contribution in [0.1, 0.15) is 11.1 Å². The summed E-state index contributed by atoms with van der Waals surface area (Å²) in [6.07, 6.45) is 0.761. The van der Waals surface area contributed by atoms with Crippen molar-refractivity contribution in [2.45, 2.75) is 19.1 Å². The van der Waals surface area contributed by atoms with Crippen LogP contribution in [0.2, 0.25) is 0 Å². The molecule has 1 N–H and O–H groups in total. The lowest BCUT2D eigenvalue weighted by Gasteiger charge is -2.33. The molecule has 2 heterocycles. The van der Waals surface area contributed by atoms with Crippen LogP contribution in [-0.2, 0) is 22.5 Å². The molecule has 2 aliphatic rings. The molecule has 5 nitrogen and oxygen atoms in total. The van der Waals surface area contributed by atoms with E-state index < -0.39 is 0 Å². The van der Waals surface area contributed by atoms with Crippen molar-refractivity contribution in [2.75, 3.05) is 32.8 Å². The Morgan fingerprint density at radius 1 is 1.11 bits per heavy atom. The van der Waals surface area contributed by atoms with Gasteiger partial charge in [-0.1, -0.05) is 48.5 Å². The molecule has 1 fully saturated rings. The minimum absolute atomic E-state index is 0.0307. The molecule has 0 bridgehead atoms. The third kappa shape index (κ3) is 4.67. The Morgan fingerprint density at radius 3 is 2.81 bits per heavy atom. The van der Waals surface area contributed by atoms with Crippen LogP contribution < -0.4 is 10.1 Å². The van der Waals surface area contributed by atoms with Gasteiger partial charge in [-0.25, -0.2) is 0 Å². The molecular formula is C22H26N2O3. The van der Waals surface area contributed by atoms with E-state index in [0.29, 0.717) is 19.8 Å². The van der Waals surface area contributed by atoms with Crippen LogP contribution in [0.5, 0.6) is 5.75 Å². The van der Waals surface area contributed by atoms with E-state index in [1.807, 2.05) is 30.3 Å². The molecule has 0 aliphatic carbocycles. The van der Waals surface area contributed by atoms with Crippen LogP contribution in [0, 0.1) is 5.92 Å². The summed E-state index contributed by atoms with van der Waals surface area (Å²) in [5.41, 5.74) is 2.41. The van der Waals surface area contributed by atoms with E-state index in [0.717, 1.165) is 37.4 Å². The summed E-state index contributed by atoms with van der Waals surface area (Å²) in [7, 11) is 0. The van der Waals surface area contributed by atoms with E-state index in [9.17, 15) is 4.79 Å². The predicted molar refractivity (Wildman–Crippen MR) is 104 cm³/mol. The first kappa shape index (κ1) is 18.0. The second kappa shape index (κ2) is 8.55. The van der Waals surface area contributed by atoms with Gasteiger partial charge in [-0.05, 0) is 23.6 Å². The fourth-order valence-electron chi connectivity index (χ4n) is 3.74. The topological polar surface area (TPSA) is 50.8 Å². The number of hydrogen-bond acceptors (Lipinski definition) is 4. The lowest BCUT2D eigenvalue weighted by molar-refractivity contribution is -0.127. The van der Waals surface area contributed by atoms with Crippen molar-refractivity contribution >= 4 is 5.91 Å². The maximum atomic E-state index is 12.6. The van der Waals surface area contributed by atoms with Crippen LogP contribution in [0.3, 0.4) is 0 Å². The van der Waals surface area contributed by atoms with E-state index in [4.69, 9.17) is 9.47 Å². The van der Waals surface area contributed by atoms with E-state index in [-0.39, 0.29) is 17.9 Å². The maximum Gasteiger partial charge on any atom is 0.226 e. The van der Waals surface area contributed by atoms with Gasteiger partial charge < -0.3 is 14.8 Å². The Hall–Kier alpha value is -2.37. The van der Waals surface area contributed by atoms with Gasteiger partial charge in [0.1, 0.15) is 12.4 Å². The summed E-state index contributed by atoms with van der Waals surface area (Å²) >= 11 is 0. The van der Waals surface area contributed by atoms with Crippen LogP contribution in [-0.4, -0.2) is 49.8 Å². The highest BCUT2D eigenvalue weighted by atomic mass is 16.5. The van der Waals surface area contributed by atoms with Gasteiger partial charge in [-0.2, -0.15) is 0 Å². The first-order valence-electron chi connectivity index (χ1n) is 9.64. The SMILES string of the molecule is O=C(NC[C@H]1CN(Cc2ccccc2)CCO1)[C@H]1COc2ccccc2C1. The Morgan fingerprint density at radius 2 is 1.93 bits per heavy atom. The number of para-hydroxylation sites is 1. The average Bonchev–Trinajstić information content (AvgIpc) is 2.73. The van der Waals surface area contributed by atoms with Gasteiger partial charge in [0.05, 0.1) is 18.6 Å². The van der Waals surface area contributed by atoms with Crippen molar-refractivity contribution in [1.82, 2.24) is 10.2 Å². The molecule has 5 heteroatoms. The minimum Gasteiger partial charge on any atom is -0.492 e. The molecule has 142 valence electrons. The number of benzene rings is 2. The summed E-state index contributed by atoms with van der Waals surface area (Å²) in [5, 5.41) is 3.07. The molecule has 0 spiro atoms. The quantitative estimate of drug-likeness (QED) is 0.882. The molecule has 2 atom stereocenters. The number of nitrogens with zero attached hydrogens (tertiary/aromatic N) is 1. The lowest BCUT2D eigenvalue weighted by Crippen LogP contribution is -2.48. The fraction of sp³-hybridized carbons (Fsp3) is 0.409. The average molecular weight is 366 g/mol. The fourth-order valence-corrected chi connectivity index (χ4v) is 3.74. The molecule has 1 amide bonds. The molecule has 4 rings (SSSR count). The van der Waals surface area contributed by atoms with Crippen LogP contribution >= 0.6 is 0 Å². The molecule has 0 aromatic heterocycles. The first-order chi connectivity index (χ1) is 13.3. The molecule has 2 aromatic carbocycles. The standard InChI is InChI=1S/C22H26N2O3/c25-22(19-12-18-8-4-5-9-21(18)27-16-19)23-13-20-15-24(10-11-26-20)14-17-6-2-1-3-7-17/h1-9,19-20H,10-16H2,(H,23,25)/t19-,20+/m1/s1. The monoisotopic (exact) mass is 366 g/mol. The zero-order chi connectivity index (χ0) is 18.5. The number of ether oxygens (including phenoxy) is 2. The van der Waals surface area contributed by atoms with Crippen molar-refractivity contribution < 1.29 is 14.3 Å². The lowest BCUT2D eigenvalue weighted by atomic mass is 9.96. The summed E-state index contributed by atoms with van der Waals surface area (Å²) < 4.78 is 11.6. The van der Waals surface area contributed by atoms with Crippen molar-refractivity contribution in [3.05, 3.63) is 65.7 Å². The number of fused-ring (bicyclic) bond motifs is 1. The molecule has 2 aromatic rings. The van der Waals surface area contributed by atoms with E-state index >= 15 is 0 Å². The Bertz CT molecular complexity index is 765. The van der Waals surface area contributed by atoms with Crippen molar-refractivity contribution in [2.24, 2.45) is 5.92 Å². The van der Waals surface area contributed by atoms with Crippen LogP contribution in [0.15, 0.2) is 54.6 Å². The summed E-state index contributed by atoms with van der Waals surface area (Å²) in [6.45, 7) is 4.36.